The maximum absolute atomic E-state index is 9.33. The molecule has 7 nitrogen and oxygen atoms in total. The molecule has 0 bridgehead atoms. The van der Waals surface area contributed by atoms with Crippen LogP contribution < -0.4 is 10.6 Å². The third-order valence-electron chi connectivity index (χ3n) is 2.81. The van der Waals surface area contributed by atoms with Gasteiger partial charge in [-0.25, -0.2) is 9.97 Å². The first-order chi connectivity index (χ1) is 8.31. The van der Waals surface area contributed by atoms with Crippen LogP contribution in [0.15, 0.2) is 11.2 Å². The predicted molar refractivity (Wildman–Crippen MR) is 68.8 cm³/mol. The van der Waals surface area contributed by atoms with Crippen LogP contribution in [0.3, 0.4) is 0 Å². The van der Waals surface area contributed by atoms with Gasteiger partial charge in [0.05, 0.1) is 12.1 Å². The number of likely N-dealkylation sites (N-methyl/N-ethyl adjacent to an activating group) is 1. The summed E-state index contributed by atoms with van der Waals surface area (Å²) >= 11 is 0. The van der Waals surface area contributed by atoms with Gasteiger partial charge in [-0.15, -0.1) is 0 Å². The minimum absolute atomic E-state index is 0.0420. The van der Waals surface area contributed by atoms with Gasteiger partial charge in [0.15, 0.2) is 5.84 Å². The van der Waals surface area contributed by atoms with Crippen molar-refractivity contribution in [1.82, 2.24) is 9.97 Å². The standard InChI is InChI=1S/C11H19N5O2/c1-7-5-8(9(12)15-18)14-10(13-7)16(4)11(2,3)6-17/h5,17-18H,6H2,1-4H3,(H2,12,15). The third kappa shape index (κ3) is 2.86. The molecule has 0 unspecified atom stereocenters. The molecule has 0 aliphatic carbocycles. The number of rotatable bonds is 4. The van der Waals surface area contributed by atoms with E-state index in [2.05, 4.69) is 15.1 Å². The number of nitrogens with two attached hydrogens (primary N) is 1. The first-order valence-electron chi connectivity index (χ1n) is 5.50. The summed E-state index contributed by atoms with van der Waals surface area (Å²) in [5, 5.41) is 20.9. The van der Waals surface area contributed by atoms with Crippen molar-refractivity contribution in [3.63, 3.8) is 0 Å². The van der Waals surface area contributed by atoms with Gasteiger partial charge >= 0.3 is 0 Å². The Morgan fingerprint density at radius 2 is 2.11 bits per heavy atom. The molecule has 4 N–H and O–H groups in total. The third-order valence-corrected chi connectivity index (χ3v) is 2.81. The number of oxime groups is 1. The number of aromatic nitrogens is 2. The zero-order valence-corrected chi connectivity index (χ0v) is 11.0. The van der Waals surface area contributed by atoms with Crippen molar-refractivity contribution in [2.75, 3.05) is 18.6 Å². The van der Waals surface area contributed by atoms with Crippen molar-refractivity contribution < 1.29 is 10.3 Å². The minimum atomic E-state index is -0.504. The van der Waals surface area contributed by atoms with Gasteiger partial charge in [0.2, 0.25) is 5.95 Å². The van der Waals surface area contributed by atoms with Crippen LogP contribution in [-0.4, -0.2) is 45.3 Å². The molecule has 0 amide bonds. The summed E-state index contributed by atoms with van der Waals surface area (Å²) in [5.74, 6) is 0.340. The van der Waals surface area contributed by atoms with Crippen molar-refractivity contribution >= 4 is 11.8 Å². The first-order valence-corrected chi connectivity index (χ1v) is 5.50. The van der Waals surface area contributed by atoms with Crippen molar-refractivity contribution in [1.29, 1.82) is 0 Å². The van der Waals surface area contributed by atoms with Crippen molar-refractivity contribution in [2.24, 2.45) is 10.9 Å². The molecule has 0 aliphatic rings. The molecule has 1 rings (SSSR count). The van der Waals surface area contributed by atoms with Crippen LogP contribution in [0.2, 0.25) is 0 Å². The number of hydrogen-bond acceptors (Lipinski definition) is 6. The van der Waals surface area contributed by atoms with Gasteiger partial charge in [-0.1, -0.05) is 5.16 Å². The van der Waals surface area contributed by atoms with E-state index < -0.39 is 5.54 Å². The van der Waals surface area contributed by atoms with Crippen LogP contribution in [-0.2, 0) is 0 Å². The number of hydrogen-bond donors (Lipinski definition) is 3. The Morgan fingerprint density at radius 1 is 1.50 bits per heavy atom. The number of amidine groups is 1. The van der Waals surface area contributed by atoms with Gasteiger partial charge in [-0.2, -0.15) is 0 Å². The average Bonchev–Trinajstić information content (AvgIpc) is 2.35. The van der Waals surface area contributed by atoms with Crippen LogP contribution in [0.5, 0.6) is 0 Å². The Kier molecular flexibility index (Phi) is 4.07. The summed E-state index contributed by atoms with van der Waals surface area (Å²) in [6.07, 6.45) is 0. The maximum atomic E-state index is 9.33. The Hall–Kier alpha value is -1.89. The molecule has 0 saturated carbocycles. The lowest BCUT2D eigenvalue weighted by atomic mass is 10.1. The van der Waals surface area contributed by atoms with Gasteiger partial charge in [0.1, 0.15) is 5.69 Å². The quantitative estimate of drug-likeness (QED) is 0.304. The molecule has 0 spiro atoms. The number of nitrogens with zero attached hydrogens (tertiary/aromatic N) is 4. The van der Waals surface area contributed by atoms with E-state index in [1.54, 1.807) is 24.9 Å². The monoisotopic (exact) mass is 253 g/mol. The van der Waals surface area contributed by atoms with Crippen molar-refractivity contribution in [2.45, 2.75) is 26.3 Å². The highest BCUT2D eigenvalue weighted by molar-refractivity contribution is 5.95. The fourth-order valence-corrected chi connectivity index (χ4v) is 1.26. The fourth-order valence-electron chi connectivity index (χ4n) is 1.26. The smallest absolute Gasteiger partial charge is 0.226 e. The highest BCUT2D eigenvalue weighted by Crippen LogP contribution is 2.18. The van der Waals surface area contributed by atoms with Crippen molar-refractivity contribution in [3.05, 3.63) is 17.5 Å². The summed E-state index contributed by atoms with van der Waals surface area (Å²) in [6, 6.07) is 1.62. The lowest BCUT2D eigenvalue weighted by molar-refractivity contribution is 0.215. The molecule has 7 heteroatoms. The van der Waals surface area contributed by atoms with E-state index in [0.717, 1.165) is 0 Å². The van der Waals surface area contributed by atoms with Crippen molar-refractivity contribution in [3.8, 4) is 0 Å². The second-order valence-corrected chi connectivity index (χ2v) is 4.71. The molecule has 0 aromatic carbocycles. The Balaban J connectivity index is 3.22. The molecule has 0 radical (unpaired) electrons. The second-order valence-electron chi connectivity index (χ2n) is 4.71. The molecular weight excluding hydrogens is 234 g/mol. The summed E-state index contributed by atoms with van der Waals surface area (Å²) in [6.45, 7) is 5.47. The summed E-state index contributed by atoms with van der Waals surface area (Å²) < 4.78 is 0. The molecule has 1 heterocycles. The van der Waals surface area contributed by atoms with E-state index in [1.165, 1.54) is 0 Å². The second kappa shape index (κ2) is 5.18. The zero-order valence-electron chi connectivity index (χ0n) is 11.0. The first kappa shape index (κ1) is 14.2. The van der Waals surface area contributed by atoms with E-state index in [1.807, 2.05) is 13.8 Å². The van der Waals surface area contributed by atoms with Crippen LogP contribution in [0.25, 0.3) is 0 Å². The highest BCUT2D eigenvalue weighted by atomic mass is 16.4. The molecule has 18 heavy (non-hydrogen) atoms. The highest BCUT2D eigenvalue weighted by Gasteiger charge is 2.25. The van der Waals surface area contributed by atoms with Gasteiger partial charge < -0.3 is 20.9 Å². The van der Waals surface area contributed by atoms with Gasteiger partial charge in [-0.05, 0) is 26.8 Å². The summed E-state index contributed by atoms with van der Waals surface area (Å²) in [7, 11) is 1.78. The fraction of sp³-hybridized carbons (Fsp3) is 0.545. The normalized spacial score (nSPS) is 12.6. The van der Waals surface area contributed by atoms with Gasteiger partial charge in [0.25, 0.3) is 0 Å². The van der Waals surface area contributed by atoms with E-state index >= 15 is 0 Å². The molecular formula is C11H19N5O2. The number of aliphatic hydroxyl groups excluding tert-OH is 1. The lowest BCUT2D eigenvalue weighted by Crippen LogP contribution is -2.45. The SMILES string of the molecule is Cc1cc(/C(N)=N/O)nc(N(C)C(C)(C)CO)n1. The van der Waals surface area contributed by atoms with Crippen LogP contribution in [0.1, 0.15) is 25.2 Å². The average molecular weight is 253 g/mol. The topological polar surface area (TPSA) is 108 Å². The number of anilines is 1. The predicted octanol–water partition coefficient (Wildman–Crippen LogP) is 0.0866. The molecule has 100 valence electrons. The molecule has 0 aliphatic heterocycles. The zero-order chi connectivity index (χ0) is 13.9. The Morgan fingerprint density at radius 3 is 2.61 bits per heavy atom. The summed E-state index contributed by atoms with van der Waals surface area (Å²) in [4.78, 5) is 10.2. The molecule has 0 saturated heterocycles. The molecule has 1 aromatic rings. The molecule has 0 atom stereocenters. The minimum Gasteiger partial charge on any atom is -0.409 e. The lowest BCUT2D eigenvalue weighted by Gasteiger charge is -2.34. The van der Waals surface area contributed by atoms with E-state index in [0.29, 0.717) is 17.3 Å². The largest absolute Gasteiger partial charge is 0.409 e. The number of aliphatic hydroxyl groups is 1. The molecule has 0 fully saturated rings. The molecule has 1 aromatic heterocycles. The van der Waals surface area contributed by atoms with Crippen LogP contribution in [0, 0.1) is 6.92 Å². The number of aryl methyl sites for hydroxylation is 1. The van der Waals surface area contributed by atoms with Gasteiger partial charge in [-0.3, -0.25) is 0 Å². The van der Waals surface area contributed by atoms with E-state index in [9.17, 15) is 5.11 Å². The van der Waals surface area contributed by atoms with E-state index in [4.69, 9.17) is 10.9 Å². The summed E-state index contributed by atoms with van der Waals surface area (Å²) in [5.41, 5.74) is 6.06. The Bertz CT molecular complexity index is 459. The maximum Gasteiger partial charge on any atom is 0.226 e. The Labute approximate surface area is 106 Å². The van der Waals surface area contributed by atoms with E-state index in [-0.39, 0.29) is 12.4 Å². The van der Waals surface area contributed by atoms with Crippen LogP contribution in [0.4, 0.5) is 5.95 Å². The van der Waals surface area contributed by atoms with Crippen LogP contribution >= 0.6 is 0 Å². The van der Waals surface area contributed by atoms with Gasteiger partial charge in [0, 0.05) is 12.7 Å².